The topological polar surface area (TPSA) is 47.8 Å². The van der Waals surface area contributed by atoms with Gasteiger partial charge in [0, 0.05) is 18.6 Å². The molecule has 0 saturated carbocycles. The van der Waals surface area contributed by atoms with E-state index in [0.29, 0.717) is 5.39 Å². The summed E-state index contributed by atoms with van der Waals surface area (Å²) in [4.78, 5) is 15.0. The Balaban J connectivity index is 2.76. The number of halogens is 2. The van der Waals surface area contributed by atoms with Crippen molar-refractivity contribution in [3.63, 3.8) is 0 Å². The first kappa shape index (κ1) is 9.70. The molecule has 4 nitrogen and oxygen atoms in total. The smallest absolute Gasteiger partial charge is 0.267 e. The van der Waals surface area contributed by atoms with Gasteiger partial charge in [-0.2, -0.15) is 5.10 Å². The van der Waals surface area contributed by atoms with Crippen LogP contribution in [0.15, 0.2) is 23.3 Å². The quantitative estimate of drug-likeness (QED) is 0.713. The highest BCUT2D eigenvalue weighted by Crippen LogP contribution is 2.18. The maximum atomic E-state index is 12.3. The van der Waals surface area contributed by atoms with E-state index in [9.17, 15) is 13.6 Å². The standard InChI is InChI=1S/C9H7F2N3O/c1-14-9(15)6-4-12-7(8(10)11)2-5(6)3-13-14/h2-4,8H,1H3. The zero-order valence-corrected chi connectivity index (χ0v) is 7.82. The van der Waals surface area contributed by atoms with Crippen LogP contribution >= 0.6 is 0 Å². The molecule has 2 aromatic rings. The average Bonchev–Trinajstić information content (AvgIpc) is 2.23. The van der Waals surface area contributed by atoms with E-state index in [2.05, 4.69) is 10.1 Å². The summed E-state index contributed by atoms with van der Waals surface area (Å²) in [5.74, 6) is 0. The first-order valence-corrected chi connectivity index (χ1v) is 4.19. The lowest BCUT2D eigenvalue weighted by Gasteiger charge is -2.02. The number of aryl methyl sites for hydroxylation is 1. The Morgan fingerprint density at radius 2 is 2.13 bits per heavy atom. The van der Waals surface area contributed by atoms with Crippen molar-refractivity contribution >= 4 is 10.8 Å². The number of pyridine rings is 1. The van der Waals surface area contributed by atoms with Crippen molar-refractivity contribution in [2.75, 3.05) is 0 Å². The molecule has 0 N–H and O–H groups in total. The Labute approximate surface area is 83.2 Å². The first-order valence-electron chi connectivity index (χ1n) is 4.19. The summed E-state index contributed by atoms with van der Waals surface area (Å²) in [5.41, 5.74) is -0.696. The number of nitrogens with zero attached hydrogens (tertiary/aromatic N) is 3. The van der Waals surface area contributed by atoms with Crippen LogP contribution in [0.1, 0.15) is 12.1 Å². The molecule has 0 aromatic carbocycles. The molecule has 0 radical (unpaired) electrons. The summed E-state index contributed by atoms with van der Waals surface area (Å²) < 4.78 is 25.7. The van der Waals surface area contributed by atoms with Crippen LogP contribution < -0.4 is 5.56 Å². The maximum Gasteiger partial charge on any atom is 0.280 e. The Morgan fingerprint density at radius 3 is 2.80 bits per heavy atom. The molecule has 6 heteroatoms. The van der Waals surface area contributed by atoms with E-state index < -0.39 is 6.43 Å². The highest BCUT2D eigenvalue weighted by Gasteiger charge is 2.10. The molecule has 15 heavy (non-hydrogen) atoms. The molecule has 0 aliphatic heterocycles. The summed E-state index contributed by atoms with van der Waals surface area (Å²) in [6.45, 7) is 0. The summed E-state index contributed by atoms with van der Waals surface area (Å²) >= 11 is 0. The van der Waals surface area contributed by atoms with Crippen LogP contribution in [-0.2, 0) is 7.05 Å². The Hall–Kier alpha value is -1.85. The van der Waals surface area contributed by atoms with Crippen molar-refractivity contribution in [2.45, 2.75) is 6.43 Å². The zero-order valence-electron chi connectivity index (χ0n) is 7.82. The minimum absolute atomic E-state index is 0.289. The summed E-state index contributed by atoms with van der Waals surface area (Å²) in [7, 11) is 1.49. The van der Waals surface area contributed by atoms with E-state index in [4.69, 9.17) is 0 Å². The molecule has 0 unspecified atom stereocenters. The van der Waals surface area contributed by atoms with Crippen LogP contribution in [0.2, 0.25) is 0 Å². The second-order valence-electron chi connectivity index (χ2n) is 3.07. The minimum atomic E-state index is -2.64. The molecule has 0 spiro atoms. The monoisotopic (exact) mass is 211 g/mol. The van der Waals surface area contributed by atoms with Crippen LogP contribution in [0.5, 0.6) is 0 Å². The van der Waals surface area contributed by atoms with Crippen molar-refractivity contribution in [1.29, 1.82) is 0 Å². The second-order valence-corrected chi connectivity index (χ2v) is 3.07. The number of alkyl halides is 2. The van der Waals surface area contributed by atoms with Gasteiger partial charge in [-0.15, -0.1) is 0 Å². The third-order valence-electron chi connectivity index (χ3n) is 2.08. The summed E-state index contributed by atoms with van der Waals surface area (Å²) in [5, 5.41) is 4.41. The van der Waals surface area contributed by atoms with Crippen molar-refractivity contribution in [3.8, 4) is 0 Å². The van der Waals surface area contributed by atoms with Gasteiger partial charge in [0.1, 0.15) is 5.69 Å². The number of aromatic nitrogens is 3. The SMILES string of the molecule is Cn1ncc2cc(C(F)F)ncc2c1=O. The predicted octanol–water partition coefficient (Wildman–Crippen LogP) is 1.27. The third-order valence-corrected chi connectivity index (χ3v) is 2.08. The Bertz CT molecular complexity index is 565. The molecule has 0 amide bonds. The van der Waals surface area contributed by atoms with E-state index in [1.165, 1.54) is 19.3 Å². The van der Waals surface area contributed by atoms with E-state index in [1.807, 2.05) is 0 Å². The fourth-order valence-electron chi connectivity index (χ4n) is 1.27. The van der Waals surface area contributed by atoms with Gasteiger partial charge in [0.05, 0.1) is 11.6 Å². The van der Waals surface area contributed by atoms with E-state index in [0.717, 1.165) is 10.9 Å². The zero-order chi connectivity index (χ0) is 11.0. The van der Waals surface area contributed by atoms with E-state index in [1.54, 1.807) is 0 Å². The summed E-state index contributed by atoms with van der Waals surface area (Å²) in [6.07, 6.45) is -0.121. The van der Waals surface area contributed by atoms with Crippen molar-refractivity contribution in [2.24, 2.45) is 7.05 Å². The second kappa shape index (κ2) is 3.38. The molecule has 0 bridgehead atoms. The molecular formula is C9H7F2N3O. The molecule has 0 aliphatic carbocycles. The number of hydrogen-bond donors (Lipinski definition) is 0. The maximum absolute atomic E-state index is 12.3. The molecule has 2 rings (SSSR count). The molecule has 2 aromatic heterocycles. The van der Waals surface area contributed by atoms with E-state index in [-0.39, 0.29) is 16.6 Å². The van der Waals surface area contributed by atoms with Gasteiger partial charge in [0.25, 0.3) is 12.0 Å². The van der Waals surface area contributed by atoms with Crippen LogP contribution in [0.3, 0.4) is 0 Å². The fraction of sp³-hybridized carbons (Fsp3) is 0.222. The van der Waals surface area contributed by atoms with Crippen molar-refractivity contribution < 1.29 is 8.78 Å². The van der Waals surface area contributed by atoms with Gasteiger partial charge < -0.3 is 0 Å². The lowest BCUT2D eigenvalue weighted by atomic mass is 10.2. The molecule has 0 aliphatic rings. The van der Waals surface area contributed by atoms with Gasteiger partial charge in [-0.3, -0.25) is 9.78 Å². The minimum Gasteiger partial charge on any atom is -0.267 e. The highest BCUT2D eigenvalue weighted by atomic mass is 19.3. The predicted molar refractivity (Wildman–Crippen MR) is 49.7 cm³/mol. The van der Waals surface area contributed by atoms with Crippen LogP contribution in [-0.4, -0.2) is 14.8 Å². The normalized spacial score (nSPS) is 11.2. The number of fused-ring (bicyclic) bond motifs is 1. The van der Waals surface area contributed by atoms with E-state index >= 15 is 0 Å². The summed E-state index contributed by atoms with van der Waals surface area (Å²) in [6, 6.07) is 1.17. The lowest BCUT2D eigenvalue weighted by molar-refractivity contribution is 0.146. The van der Waals surface area contributed by atoms with Crippen molar-refractivity contribution in [1.82, 2.24) is 14.8 Å². The third kappa shape index (κ3) is 1.58. The first-order chi connectivity index (χ1) is 7.09. The van der Waals surface area contributed by atoms with Gasteiger partial charge in [-0.25, -0.2) is 13.5 Å². The van der Waals surface area contributed by atoms with Gasteiger partial charge in [-0.1, -0.05) is 0 Å². The van der Waals surface area contributed by atoms with Crippen molar-refractivity contribution in [3.05, 3.63) is 34.5 Å². The van der Waals surface area contributed by atoms with Gasteiger partial charge in [0.2, 0.25) is 0 Å². The Morgan fingerprint density at radius 1 is 1.40 bits per heavy atom. The largest absolute Gasteiger partial charge is 0.280 e. The van der Waals surface area contributed by atoms with Crippen LogP contribution in [0.4, 0.5) is 8.78 Å². The van der Waals surface area contributed by atoms with Gasteiger partial charge >= 0.3 is 0 Å². The molecule has 78 valence electrons. The number of rotatable bonds is 1. The lowest BCUT2D eigenvalue weighted by Crippen LogP contribution is -2.19. The van der Waals surface area contributed by atoms with Crippen LogP contribution in [0, 0.1) is 0 Å². The highest BCUT2D eigenvalue weighted by molar-refractivity contribution is 5.79. The molecular weight excluding hydrogens is 204 g/mol. The average molecular weight is 211 g/mol. The fourth-order valence-corrected chi connectivity index (χ4v) is 1.27. The Kier molecular flexibility index (Phi) is 2.18. The molecule has 0 fully saturated rings. The molecule has 2 heterocycles. The van der Waals surface area contributed by atoms with Gasteiger partial charge in [0.15, 0.2) is 0 Å². The van der Waals surface area contributed by atoms with Gasteiger partial charge in [-0.05, 0) is 6.07 Å². The molecule has 0 saturated heterocycles. The van der Waals surface area contributed by atoms with Crippen LogP contribution in [0.25, 0.3) is 10.8 Å². The molecule has 0 atom stereocenters. The number of hydrogen-bond acceptors (Lipinski definition) is 3.